The van der Waals surface area contributed by atoms with Crippen LogP contribution in [0.25, 0.3) is 0 Å². The van der Waals surface area contributed by atoms with E-state index in [2.05, 4.69) is 19.2 Å². The first-order valence-electron chi connectivity index (χ1n) is 9.32. The lowest BCUT2D eigenvalue weighted by molar-refractivity contribution is -0.131. The van der Waals surface area contributed by atoms with Gasteiger partial charge in [0.2, 0.25) is 11.8 Å². The topological polar surface area (TPSA) is 52.7 Å². The van der Waals surface area contributed by atoms with Crippen LogP contribution in [0, 0.1) is 5.41 Å². The number of nitrogens with zero attached hydrogens (tertiary/aromatic N) is 2. The van der Waals surface area contributed by atoms with Gasteiger partial charge in [-0.1, -0.05) is 27.7 Å². The fourth-order valence-corrected chi connectivity index (χ4v) is 2.89. The zero-order valence-corrected chi connectivity index (χ0v) is 17.6. The second-order valence-electron chi connectivity index (χ2n) is 8.43. The number of rotatable bonds is 7. The maximum atomic E-state index is 12.3. The van der Waals surface area contributed by atoms with Crippen molar-refractivity contribution in [1.82, 2.24) is 4.90 Å². The third-order valence-electron chi connectivity index (χ3n) is 4.40. The van der Waals surface area contributed by atoms with Gasteiger partial charge in [0.15, 0.2) is 0 Å². The summed E-state index contributed by atoms with van der Waals surface area (Å²) in [5.74, 6) is 0.0673. The molecule has 0 bridgehead atoms. The first-order valence-corrected chi connectivity index (χ1v) is 9.32. The summed E-state index contributed by atoms with van der Waals surface area (Å²) in [5, 5.41) is 2.99. The standard InChI is InChI=1S/C21H35N3O2/c1-9-15(2)24(16(3)25)14-17-12-18(10-11-19(17)23(7)8)22-20(26)13-21(4,5)6/h10-12,15H,9,13-14H2,1-8H3,(H,22,26). The SMILES string of the molecule is CCC(C)N(Cc1cc(NC(=O)CC(C)(C)C)ccc1N(C)C)C(C)=O. The average molecular weight is 362 g/mol. The molecule has 0 aliphatic carbocycles. The van der Waals surface area contributed by atoms with Gasteiger partial charge in [-0.2, -0.15) is 0 Å². The molecule has 1 N–H and O–H groups in total. The Morgan fingerprint density at radius 1 is 1.19 bits per heavy atom. The fraction of sp³-hybridized carbons (Fsp3) is 0.619. The van der Waals surface area contributed by atoms with Crippen LogP contribution in [0.15, 0.2) is 18.2 Å². The molecule has 0 radical (unpaired) electrons. The van der Waals surface area contributed by atoms with Gasteiger partial charge in [0.05, 0.1) is 0 Å². The van der Waals surface area contributed by atoms with Crippen molar-refractivity contribution in [2.75, 3.05) is 24.3 Å². The third kappa shape index (κ3) is 6.70. The summed E-state index contributed by atoms with van der Waals surface area (Å²) in [6.07, 6.45) is 1.36. The zero-order valence-electron chi connectivity index (χ0n) is 17.6. The molecule has 1 atom stereocenters. The molecule has 0 spiro atoms. The van der Waals surface area contributed by atoms with Gasteiger partial charge in [0, 0.05) is 51.4 Å². The molecule has 5 nitrogen and oxygen atoms in total. The van der Waals surface area contributed by atoms with Gasteiger partial charge in [0.1, 0.15) is 0 Å². The molecule has 146 valence electrons. The highest BCUT2D eigenvalue weighted by atomic mass is 16.2. The van der Waals surface area contributed by atoms with Crippen LogP contribution in [-0.4, -0.2) is 36.9 Å². The van der Waals surface area contributed by atoms with E-state index < -0.39 is 0 Å². The molecule has 26 heavy (non-hydrogen) atoms. The van der Waals surface area contributed by atoms with Crippen LogP contribution >= 0.6 is 0 Å². The summed E-state index contributed by atoms with van der Waals surface area (Å²) < 4.78 is 0. The van der Waals surface area contributed by atoms with Crippen molar-refractivity contribution in [3.63, 3.8) is 0 Å². The highest BCUT2D eigenvalue weighted by Gasteiger charge is 2.19. The Balaban J connectivity index is 3.11. The monoisotopic (exact) mass is 361 g/mol. The number of nitrogens with one attached hydrogen (secondary N) is 1. The van der Waals surface area contributed by atoms with Crippen LogP contribution in [0.4, 0.5) is 11.4 Å². The van der Waals surface area contributed by atoms with E-state index in [4.69, 9.17) is 0 Å². The number of hydrogen-bond donors (Lipinski definition) is 1. The summed E-state index contributed by atoms with van der Waals surface area (Å²) in [7, 11) is 3.97. The fourth-order valence-electron chi connectivity index (χ4n) is 2.89. The van der Waals surface area contributed by atoms with Crippen molar-refractivity contribution >= 4 is 23.2 Å². The van der Waals surface area contributed by atoms with Crippen LogP contribution in [0.3, 0.4) is 0 Å². The second kappa shape index (κ2) is 9.06. The Morgan fingerprint density at radius 3 is 2.27 bits per heavy atom. The van der Waals surface area contributed by atoms with Crippen LogP contribution in [0.5, 0.6) is 0 Å². The van der Waals surface area contributed by atoms with Gasteiger partial charge >= 0.3 is 0 Å². The molecule has 0 heterocycles. The zero-order chi connectivity index (χ0) is 20.1. The van der Waals surface area contributed by atoms with E-state index >= 15 is 0 Å². The number of carbonyl (C=O) groups excluding carboxylic acids is 2. The molecule has 2 amide bonds. The molecule has 0 saturated heterocycles. The molecular weight excluding hydrogens is 326 g/mol. The van der Waals surface area contributed by atoms with Crippen molar-refractivity contribution in [3.05, 3.63) is 23.8 Å². The summed E-state index contributed by atoms with van der Waals surface area (Å²) in [6, 6.07) is 6.06. The molecule has 1 rings (SSSR count). The molecule has 1 aromatic rings. The molecule has 0 aliphatic heterocycles. The summed E-state index contributed by atoms with van der Waals surface area (Å²) in [5.41, 5.74) is 2.79. The number of hydrogen-bond acceptors (Lipinski definition) is 3. The minimum atomic E-state index is -0.0571. The molecule has 0 aromatic heterocycles. The predicted octanol–water partition coefficient (Wildman–Crippen LogP) is 4.27. The van der Waals surface area contributed by atoms with E-state index in [1.54, 1.807) is 6.92 Å². The number of carbonyl (C=O) groups is 2. The molecule has 5 heteroatoms. The van der Waals surface area contributed by atoms with E-state index in [9.17, 15) is 9.59 Å². The molecular formula is C21H35N3O2. The molecule has 0 fully saturated rings. The van der Waals surface area contributed by atoms with Crippen molar-refractivity contribution in [3.8, 4) is 0 Å². The highest BCUT2D eigenvalue weighted by molar-refractivity contribution is 5.91. The lowest BCUT2D eigenvalue weighted by Crippen LogP contribution is -2.36. The first-order chi connectivity index (χ1) is 11.9. The minimum absolute atomic E-state index is 0.00593. The second-order valence-corrected chi connectivity index (χ2v) is 8.43. The lowest BCUT2D eigenvalue weighted by Gasteiger charge is -2.29. The van der Waals surface area contributed by atoms with Gasteiger partial charge in [-0.25, -0.2) is 0 Å². The van der Waals surface area contributed by atoms with Crippen LogP contribution in [0.2, 0.25) is 0 Å². The lowest BCUT2D eigenvalue weighted by atomic mass is 9.92. The van der Waals surface area contributed by atoms with E-state index in [0.29, 0.717) is 13.0 Å². The van der Waals surface area contributed by atoms with Crippen molar-refractivity contribution < 1.29 is 9.59 Å². The van der Waals surface area contributed by atoms with E-state index in [1.807, 2.05) is 62.9 Å². The van der Waals surface area contributed by atoms with Crippen LogP contribution in [-0.2, 0) is 16.1 Å². The predicted molar refractivity (Wildman–Crippen MR) is 109 cm³/mol. The third-order valence-corrected chi connectivity index (χ3v) is 4.40. The van der Waals surface area contributed by atoms with E-state index in [-0.39, 0.29) is 23.3 Å². The van der Waals surface area contributed by atoms with Gasteiger partial charge in [-0.3, -0.25) is 9.59 Å². The van der Waals surface area contributed by atoms with Gasteiger partial charge in [0.25, 0.3) is 0 Å². The van der Waals surface area contributed by atoms with E-state index in [0.717, 1.165) is 23.4 Å². The number of benzene rings is 1. The quantitative estimate of drug-likeness (QED) is 0.789. The number of anilines is 2. The van der Waals surface area contributed by atoms with Crippen molar-refractivity contribution in [2.45, 2.75) is 67.0 Å². The average Bonchev–Trinajstić information content (AvgIpc) is 2.49. The molecule has 0 saturated carbocycles. The Hall–Kier alpha value is -2.04. The van der Waals surface area contributed by atoms with Crippen LogP contribution < -0.4 is 10.2 Å². The highest BCUT2D eigenvalue weighted by Crippen LogP contribution is 2.26. The summed E-state index contributed by atoms with van der Waals surface area (Å²) >= 11 is 0. The Morgan fingerprint density at radius 2 is 1.81 bits per heavy atom. The normalized spacial score (nSPS) is 12.5. The molecule has 1 unspecified atom stereocenters. The molecule has 1 aromatic carbocycles. The smallest absolute Gasteiger partial charge is 0.224 e. The largest absolute Gasteiger partial charge is 0.377 e. The Kier molecular flexibility index (Phi) is 7.67. The van der Waals surface area contributed by atoms with Crippen molar-refractivity contribution in [1.29, 1.82) is 0 Å². The Labute approximate surface area is 158 Å². The summed E-state index contributed by atoms with van der Waals surface area (Å²) in [4.78, 5) is 28.3. The minimum Gasteiger partial charge on any atom is -0.377 e. The first kappa shape index (κ1) is 22.0. The van der Waals surface area contributed by atoms with Gasteiger partial charge in [-0.05, 0) is 42.5 Å². The van der Waals surface area contributed by atoms with Gasteiger partial charge in [-0.15, -0.1) is 0 Å². The molecule has 0 aliphatic rings. The van der Waals surface area contributed by atoms with Crippen LogP contribution in [0.1, 0.15) is 59.9 Å². The summed E-state index contributed by atoms with van der Waals surface area (Å²) in [6.45, 7) is 12.4. The van der Waals surface area contributed by atoms with E-state index in [1.165, 1.54) is 0 Å². The maximum Gasteiger partial charge on any atom is 0.224 e. The Bertz CT molecular complexity index is 633. The van der Waals surface area contributed by atoms with Crippen molar-refractivity contribution in [2.24, 2.45) is 5.41 Å². The van der Waals surface area contributed by atoms with Gasteiger partial charge < -0.3 is 15.1 Å². The number of amides is 2. The maximum absolute atomic E-state index is 12.3.